The van der Waals surface area contributed by atoms with Crippen LogP contribution >= 0.6 is 0 Å². The predicted molar refractivity (Wildman–Crippen MR) is 144 cm³/mol. The van der Waals surface area contributed by atoms with E-state index in [0.29, 0.717) is 0 Å². The van der Waals surface area contributed by atoms with Gasteiger partial charge in [-0.25, -0.2) is 4.79 Å². The average molecular weight is 616 g/mol. The first kappa shape index (κ1) is 30.1. The van der Waals surface area contributed by atoms with E-state index in [1.165, 1.54) is 6.07 Å². The Morgan fingerprint density at radius 3 is 2.11 bits per heavy atom. The maximum Gasteiger partial charge on any atom is 0.338 e. The van der Waals surface area contributed by atoms with Crippen LogP contribution in [-0.4, -0.2) is 94.3 Å². The fourth-order valence-electron chi connectivity index (χ4n) is 4.46. The molecule has 232 valence electrons. The number of aromatic hydroxyl groups is 7. The third-order valence-corrected chi connectivity index (χ3v) is 6.74. The van der Waals surface area contributed by atoms with Crippen LogP contribution in [0, 0.1) is 0 Å². The first-order valence-corrected chi connectivity index (χ1v) is 12.6. The van der Waals surface area contributed by atoms with Gasteiger partial charge in [-0.05, 0) is 30.3 Å². The Labute approximate surface area is 244 Å². The number of carbonyl (C=O) groups excluding carboxylic acids is 1. The van der Waals surface area contributed by atoms with Gasteiger partial charge in [-0.2, -0.15) is 0 Å². The summed E-state index contributed by atoms with van der Waals surface area (Å²) in [4.78, 5) is 26.0. The molecule has 1 aliphatic rings. The summed E-state index contributed by atoms with van der Waals surface area (Å²) in [5, 5.41) is 99.8. The highest BCUT2D eigenvalue weighted by Gasteiger charge is 2.46. The van der Waals surface area contributed by atoms with Crippen LogP contribution in [0.2, 0.25) is 0 Å². The third-order valence-electron chi connectivity index (χ3n) is 6.74. The molecule has 0 amide bonds. The first-order valence-electron chi connectivity index (χ1n) is 12.6. The number of hydrogen-bond donors (Lipinski definition) is 10. The lowest BCUT2D eigenvalue weighted by Gasteiger charge is -2.39. The van der Waals surface area contributed by atoms with Crippen molar-refractivity contribution in [1.29, 1.82) is 0 Å². The summed E-state index contributed by atoms with van der Waals surface area (Å²) < 4.78 is 21.9. The van der Waals surface area contributed by atoms with Crippen LogP contribution in [0.5, 0.6) is 46.0 Å². The third kappa shape index (κ3) is 5.40. The number of hydrogen-bond acceptors (Lipinski definition) is 16. The van der Waals surface area contributed by atoms with Gasteiger partial charge in [-0.3, -0.25) is 4.79 Å². The van der Waals surface area contributed by atoms with Crippen molar-refractivity contribution in [3.05, 3.63) is 58.3 Å². The highest BCUT2D eigenvalue weighted by Crippen LogP contribution is 2.40. The van der Waals surface area contributed by atoms with E-state index < -0.39 is 111 Å². The van der Waals surface area contributed by atoms with Crippen molar-refractivity contribution in [3.63, 3.8) is 0 Å². The smallest absolute Gasteiger partial charge is 0.338 e. The van der Waals surface area contributed by atoms with Gasteiger partial charge in [0.15, 0.2) is 34.5 Å². The molecule has 0 saturated carbocycles. The molecular weight excluding hydrogens is 592 g/mol. The topological polar surface area (TPSA) is 277 Å². The van der Waals surface area contributed by atoms with Gasteiger partial charge in [0, 0.05) is 17.7 Å². The summed E-state index contributed by atoms with van der Waals surface area (Å²) >= 11 is 0. The zero-order valence-corrected chi connectivity index (χ0v) is 22.1. The number of benzene rings is 3. The summed E-state index contributed by atoms with van der Waals surface area (Å²) in [6.07, 6.45) is -9.43. The molecule has 44 heavy (non-hydrogen) atoms. The molecule has 0 aliphatic carbocycles. The molecule has 4 aromatic rings. The number of carbonyl (C=O) groups is 1. The van der Waals surface area contributed by atoms with E-state index in [9.17, 15) is 60.7 Å². The molecule has 2 heterocycles. The van der Waals surface area contributed by atoms with E-state index in [2.05, 4.69) is 0 Å². The summed E-state index contributed by atoms with van der Waals surface area (Å²) in [5.74, 6) is -7.19. The molecule has 0 spiro atoms. The Morgan fingerprint density at radius 1 is 0.773 bits per heavy atom. The monoisotopic (exact) mass is 616 g/mol. The molecule has 1 aliphatic heterocycles. The maximum atomic E-state index is 13.5. The van der Waals surface area contributed by atoms with Crippen molar-refractivity contribution < 1.29 is 74.5 Å². The second-order valence-electron chi connectivity index (χ2n) is 9.73. The van der Waals surface area contributed by atoms with Crippen molar-refractivity contribution >= 4 is 16.9 Å². The molecule has 5 rings (SSSR count). The van der Waals surface area contributed by atoms with E-state index in [0.717, 1.165) is 36.4 Å². The Bertz CT molecular complexity index is 1790. The van der Waals surface area contributed by atoms with Gasteiger partial charge in [0.25, 0.3) is 0 Å². The Kier molecular flexibility index (Phi) is 7.75. The number of aliphatic hydroxyl groups excluding tert-OH is 3. The minimum absolute atomic E-state index is 0.0612. The van der Waals surface area contributed by atoms with Crippen molar-refractivity contribution in [2.45, 2.75) is 30.7 Å². The number of rotatable bonds is 6. The Hall–Kier alpha value is -5.42. The van der Waals surface area contributed by atoms with Crippen LogP contribution in [-0.2, 0) is 9.47 Å². The van der Waals surface area contributed by atoms with Crippen molar-refractivity contribution in [3.8, 4) is 57.3 Å². The molecule has 16 heteroatoms. The maximum absolute atomic E-state index is 13.5. The number of phenolic OH excluding ortho intramolecular Hbond substituents is 7. The Balaban J connectivity index is 1.48. The standard InChI is InChI=1S/C28H24O16/c29-11-6-14(32)19-17(7-11)42-25(9-1-2-12(30)13(31)3-9)26(22(19)37)44-28-24(39)23(38)21(36)18(43-28)8-41-27(40)10-4-15(33)20(35)16(34)5-10/h1-7,18,21,23-24,28-36,38-39H,8H2/t18-,21-,23+,24-,28+/m1/s1. The van der Waals surface area contributed by atoms with Crippen molar-refractivity contribution in [2.24, 2.45) is 0 Å². The highest BCUT2D eigenvalue weighted by molar-refractivity contribution is 5.91. The van der Waals surface area contributed by atoms with Gasteiger partial charge < -0.3 is 69.7 Å². The summed E-state index contributed by atoms with van der Waals surface area (Å²) in [7, 11) is 0. The van der Waals surface area contributed by atoms with Crippen molar-refractivity contribution in [1.82, 2.24) is 0 Å². The molecule has 1 fully saturated rings. The zero-order valence-electron chi connectivity index (χ0n) is 22.1. The largest absolute Gasteiger partial charge is 0.508 e. The zero-order chi connectivity index (χ0) is 32.0. The van der Waals surface area contributed by atoms with Crippen LogP contribution in [0.1, 0.15) is 10.4 Å². The van der Waals surface area contributed by atoms with Crippen LogP contribution in [0.3, 0.4) is 0 Å². The normalized spacial score (nSPS) is 21.7. The number of fused-ring (bicyclic) bond motifs is 1. The number of phenols is 7. The molecule has 16 nitrogen and oxygen atoms in total. The van der Waals surface area contributed by atoms with Gasteiger partial charge in [0.05, 0.1) is 5.56 Å². The van der Waals surface area contributed by atoms with E-state index in [1.54, 1.807) is 0 Å². The average Bonchev–Trinajstić information content (AvgIpc) is 2.97. The molecule has 0 radical (unpaired) electrons. The summed E-state index contributed by atoms with van der Waals surface area (Å²) in [5.41, 5.74) is -1.84. The minimum Gasteiger partial charge on any atom is -0.508 e. The van der Waals surface area contributed by atoms with E-state index in [-0.39, 0.29) is 11.1 Å². The highest BCUT2D eigenvalue weighted by atomic mass is 16.7. The molecule has 10 N–H and O–H groups in total. The SMILES string of the molecule is O=C(OC[C@H]1O[C@@H](Oc2c(-c3ccc(O)c(O)c3)oc3cc(O)cc(O)c3c2=O)[C@H](O)[C@@H](O)[C@@H]1O)c1cc(O)c(O)c(O)c1. The second kappa shape index (κ2) is 11.3. The molecule has 5 atom stereocenters. The molecule has 0 unspecified atom stereocenters. The van der Waals surface area contributed by atoms with Crippen LogP contribution in [0.25, 0.3) is 22.3 Å². The lowest BCUT2D eigenvalue weighted by molar-refractivity contribution is -0.277. The van der Waals surface area contributed by atoms with Gasteiger partial charge in [-0.15, -0.1) is 0 Å². The molecule has 1 saturated heterocycles. The lowest BCUT2D eigenvalue weighted by atomic mass is 9.99. The fraction of sp³-hybridized carbons (Fsp3) is 0.214. The number of esters is 1. The van der Waals surface area contributed by atoms with Gasteiger partial charge in [-0.1, -0.05) is 0 Å². The summed E-state index contributed by atoms with van der Waals surface area (Å²) in [6.45, 7) is -0.795. The molecular formula is C28H24O16. The number of ether oxygens (including phenoxy) is 3. The van der Waals surface area contributed by atoms with Crippen molar-refractivity contribution in [2.75, 3.05) is 6.61 Å². The van der Waals surface area contributed by atoms with Gasteiger partial charge in [0.2, 0.25) is 17.5 Å². The van der Waals surface area contributed by atoms with Crippen LogP contribution in [0.4, 0.5) is 0 Å². The van der Waals surface area contributed by atoms with E-state index >= 15 is 0 Å². The molecule has 3 aromatic carbocycles. The minimum atomic E-state index is -2.02. The molecule has 0 bridgehead atoms. The predicted octanol–water partition coefficient (Wildman–Crippen LogP) is 0.443. The lowest BCUT2D eigenvalue weighted by Crippen LogP contribution is -2.60. The quantitative estimate of drug-likeness (QED) is 0.104. The Morgan fingerprint density at radius 2 is 1.45 bits per heavy atom. The van der Waals surface area contributed by atoms with Crippen LogP contribution in [0.15, 0.2) is 51.7 Å². The first-order chi connectivity index (χ1) is 20.8. The fourth-order valence-corrected chi connectivity index (χ4v) is 4.46. The van der Waals surface area contributed by atoms with Crippen LogP contribution < -0.4 is 10.2 Å². The van der Waals surface area contributed by atoms with Gasteiger partial charge in [0.1, 0.15) is 53.5 Å². The second-order valence-corrected chi connectivity index (χ2v) is 9.73. The van der Waals surface area contributed by atoms with E-state index in [1.807, 2.05) is 0 Å². The van der Waals surface area contributed by atoms with Gasteiger partial charge >= 0.3 is 5.97 Å². The number of aliphatic hydroxyl groups is 3. The molecule has 1 aromatic heterocycles. The van der Waals surface area contributed by atoms with E-state index in [4.69, 9.17) is 18.6 Å². The summed E-state index contributed by atoms with van der Waals surface area (Å²) in [6, 6.07) is 6.70.